The van der Waals surface area contributed by atoms with E-state index in [1.54, 1.807) is 14.2 Å². The van der Waals surface area contributed by atoms with Crippen molar-refractivity contribution in [2.45, 2.75) is 238 Å². The van der Waals surface area contributed by atoms with E-state index in [-0.39, 0.29) is 36.8 Å². The summed E-state index contributed by atoms with van der Waals surface area (Å²) in [6.07, 6.45) is 8.28. The van der Waals surface area contributed by atoms with Crippen LogP contribution in [0.2, 0.25) is 0 Å². The quantitative estimate of drug-likeness (QED) is 0.0236. The monoisotopic (exact) mass is 2160 g/mol. The summed E-state index contributed by atoms with van der Waals surface area (Å²) in [7, 11) is 3.35. The fourth-order valence-corrected chi connectivity index (χ4v) is 11.2. The van der Waals surface area contributed by atoms with E-state index in [1.165, 1.54) is 13.8 Å². The number of rotatable bonds is 115. The number of alkyl halides is 13. The maximum atomic E-state index is 13.4. The molecule has 0 saturated heterocycles. The molecule has 146 heavy (non-hydrogen) atoms. The summed E-state index contributed by atoms with van der Waals surface area (Å²) in [4.78, 5) is 34.3. The van der Waals surface area contributed by atoms with Gasteiger partial charge in [0.2, 0.25) is 0 Å². The molecule has 0 aromatic rings. The first-order chi connectivity index (χ1) is 70.6. The zero-order valence-electron chi connectivity index (χ0n) is 89.2. The fourth-order valence-electron chi connectivity index (χ4n) is 11.2. The van der Waals surface area contributed by atoms with Crippen molar-refractivity contribution in [1.82, 2.24) is 0 Å². The van der Waals surface area contributed by atoms with Crippen LogP contribution >= 0.6 is 0 Å². The normalized spacial score (nSPS) is 12.9. The van der Waals surface area contributed by atoms with Gasteiger partial charge in [0, 0.05) is 285 Å². The van der Waals surface area contributed by atoms with Crippen molar-refractivity contribution in [2.75, 3.05) is 378 Å². The lowest BCUT2D eigenvalue weighted by Crippen LogP contribution is -2.70. The third-order valence-electron chi connectivity index (χ3n) is 20.4. The Balaban J connectivity index is -0.00000283. The second kappa shape index (κ2) is 108. The molecule has 876 valence electrons. The summed E-state index contributed by atoms with van der Waals surface area (Å²) in [5, 5.41) is 0. The Morgan fingerprint density at radius 2 is 0.308 bits per heavy atom. The molecule has 46 heteroatoms. The Morgan fingerprint density at radius 3 is 0.479 bits per heavy atom. The van der Waals surface area contributed by atoms with Gasteiger partial charge >= 0.3 is 53.7 Å². The lowest BCUT2D eigenvalue weighted by Gasteiger charge is -2.39. The smallest absolute Gasteiger partial charge is 0.460 e. The first kappa shape index (κ1) is 147. The molecule has 0 bridgehead atoms. The number of ether oxygens (including phenoxy) is 30. The third kappa shape index (κ3) is 91.8. The van der Waals surface area contributed by atoms with Crippen LogP contribution in [0.4, 0.5) is 57.1 Å². The SMILES string of the molecule is CCC(C)C(=O)OCCCC(F)(F)C(F)(F)C(F)(F)C(F)(F)C(F)(F)C(F)(F)F.CCC(C)C(=O)OCCCOCCCOCCCOCCCOCCCOCCCOCCCOCCCOCCCOCCCOCCCOCCCOCCCOCCCOCCCOCCCOCCCOCCCOCCCOCCCOC.CCC(C)C(=O)OCCOCCOCCOCCOCCOCCOCCOC. The average molecular weight is 2160 g/mol. The highest BCUT2D eigenvalue weighted by Gasteiger charge is 2.90. The van der Waals surface area contributed by atoms with Gasteiger partial charge in [0.05, 0.1) is 117 Å². The molecule has 3 atom stereocenters. The second-order valence-corrected chi connectivity index (χ2v) is 33.4. The lowest BCUT2D eigenvalue weighted by molar-refractivity contribution is -0.440. The van der Waals surface area contributed by atoms with Crippen LogP contribution in [0.15, 0.2) is 0 Å². The molecular formula is C100H187F13O33. The van der Waals surface area contributed by atoms with E-state index < -0.39 is 67.1 Å². The molecule has 0 rings (SSSR count). The average Bonchev–Trinajstić information content (AvgIpc) is 0.710. The van der Waals surface area contributed by atoms with Crippen LogP contribution in [0.3, 0.4) is 0 Å². The van der Waals surface area contributed by atoms with E-state index in [4.69, 9.17) is 137 Å². The van der Waals surface area contributed by atoms with Gasteiger partial charge in [-0.1, -0.05) is 41.5 Å². The Morgan fingerprint density at radius 1 is 0.171 bits per heavy atom. The maximum absolute atomic E-state index is 13.4. The van der Waals surface area contributed by atoms with Crippen molar-refractivity contribution in [1.29, 1.82) is 0 Å². The van der Waals surface area contributed by atoms with Crippen LogP contribution in [0.1, 0.15) is 202 Å². The molecule has 0 saturated carbocycles. The van der Waals surface area contributed by atoms with Gasteiger partial charge in [0.15, 0.2) is 0 Å². The van der Waals surface area contributed by atoms with E-state index in [2.05, 4.69) is 4.74 Å². The van der Waals surface area contributed by atoms with E-state index in [0.29, 0.717) is 317 Å². The molecule has 0 N–H and O–H groups in total. The summed E-state index contributed by atoms with van der Waals surface area (Å²) in [6.45, 7) is 44.1. The highest BCUT2D eigenvalue weighted by Crippen LogP contribution is 2.61. The van der Waals surface area contributed by atoms with Crippen LogP contribution < -0.4 is 0 Å². The molecule has 33 nitrogen and oxygen atoms in total. The van der Waals surface area contributed by atoms with Crippen molar-refractivity contribution >= 4 is 17.9 Å². The largest absolute Gasteiger partial charge is 0.465 e. The number of hydrogen-bond acceptors (Lipinski definition) is 33. The van der Waals surface area contributed by atoms with E-state index in [0.717, 1.165) is 174 Å². The number of carbonyl (C=O) groups is 3. The van der Waals surface area contributed by atoms with Gasteiger partial charge in [-0.2, -0.15) is 57.1 Å². The van der Waals surface area contributed by atoms with E-state index in [1.807, 2.05) is 27.7 Å². The van der Waals surface area contributed by atoms with Crippen molar-refractivity contribution in [3.05, 3.63) is 0 Å². The van der Waals surface area contributed by atoms with E-state index >= 15 is 0 Å². The number of methoxy groups -OCH3 is 2. The van der Waals surface area contributed by atoms with Crippen molar-refractivity contribution in [2.24, 2.45) is 17.8 Å². The molecule has 0 heterocycles. The zero-order valence-corrected chi connectivity index (χ0v) is 89.2. The predicted molar refractivity (Wildman–Crippen MR) is 518 cm³/mol. The lowest BCUT2D eigenvalue weighted by atomic mass is 9.92. The molecule has 0 fully saturated rings. The number of carbonyl (C=O) groups excluding carboxylic acids is 3. The zero-order chi connectivity index (χ0) is 108. The van der Waals surface area contributed by atoms with Gasteiger partial charge in [-0.25, -0.2) is 0 Å². The molecule has 3 unspecified atom stereocenters. The van der Waals surface area contributed by atoms with Crippen molar-refractivity contribution in [3.63, 3.8) is 0 Å². The summed E-state index contributed by atoms with van der Waals surface area (Å²) >= 11 is 0. The van der Waals surface area contributed by atoms with Gasteiger partial charge in [0.1, 0.15) is 6.61 Å². The summed E-state index contributed by atoms with van der Waals surface area (Å²) < 4.78 is 332. The molecule has 0 amide bonds. The fraction of sp³-hybridized carbons (Fsp3) is 0.970. The second-order valence-electron chi connectivity index (χ2n) is 33.4. The first-order valence-electron chi connectivity index (χ1n) is 52.4. The standard InChI is InChI=1S/C66H132O22.C20H40O9.C14H15F13O2/c1-4-65(2)66(67)88-64-24-63-87-62-23-61-86-60-22-59-85-58-21-57-84-56-20-55-83-54-19-53-82-52-18-51-81-50-17-49-80-48-16-47-79-46-15-45-78-44-14-43-77-42-13-41-76-40-12-39-75-38-11-37-74-36-10-35-73-34-9-33-72-32-8-31-71-30-7-29-70-28-6-27-69-26-5-25-68-3;1-4-19(2)20(21)29-18-17-28-16-15-27-14-13-26-12-11-25-10-9-24-8-7-23-6-5-22-3;1-3-7(2)8(28)29-6-4-5-9(15,16)10(17,18)11(19,20)12(21,22)13(23,24)14(25,26)27/h65H,4-64H2,1-3H3;19H,4-18H2,1-3H3;7H,3-6H2,1-2H3. The molecule has 0 aliphatic rings. The number of hydrogen-bond donors (Lipinski definition) is 0. The summed E-state index contributed by atoms with van der Waals surface area (Å²) in [5.41, 5.74) is 0. The highest BCUT2D eigenvalue weighted by molar-refractivity contribution is 5.72. The Labute approximate surface area is 861 Å². The Bertz CT molecular complexity index is 2700. The minimum atomic E-state index is -7.91. The first-order valence-corrected chi connectivity index (χ1v) is 52.4. The van der Waals surface area contributed by atoms with Gasteiger partial charge in [0.25, 0.3) is 0 Å². The van der Waals surface area contributed by atoms with Gasteiger partial charge < -0.3 is 142 Å². The van der Waals surface area contributed by atoms with Crippen LogP contribution in [0.25, 0.3) is 0 Å². The number of esters is 3. The van der Waals surface area contributed by atoms with Gasteiger partial charge in [-0.15, -0.1) is 0 Å². The molecule has 0 radical (unpaired) electrons. The number of halogens is 13. The Hall–Kier alpha value is -3.58. The maximum Gasteiger partial charge on any atom is 0.460 e. The molecule has 0 spiro atoms. The van der Waals surface area contributed by atoms with Crippen LogP contribution in [0.5, 0.6) is 0 Å². The van der Waals surface area contributed by atoms with Crippen LogP contribution in [-0.2, 0) is 156 Å². The molecule has 0 aromatic heterocycles. The van der Waals surface area contributed by atoms with Crippen LogP contribution in [0, 0.1) is 17.8 Å². The summed E-state index contributed by atoms with van der Waals surface area (Å²) in [5.74, 6) is -39.0. The van der Waals surface area contributed by atoms with Crippen molar-refractivity contribution in [3.8, 4) is 0 Å². The molecular weight excluding hydrogens is 1980 g/mol. The predicted octanol–water partition coefficient (Wildman–Crippen LogP) is 16.8. The third-order valence-corrected chi connectivity index (χ3v) is 20.4. The highest BCUT2D eigenvalue weighted by atomic mass is 19.4. The topological polar surface area (TPSA) is 328 Å². The molecule has 0 aliphatic heterocycles. The van der Waals surface area contributed by atoms with Crippen LogP contribution in [-0.4, -0.2) is 431 Å². The van der Waals surface area contributed by atoms with Gasteiger partial charge in [-0.05, 0) is 148 Å². The van der Waals surface area contributed by atoms with Gasteiger partial charge in [-0.3, -0.25) is 14.4 Å². The molecule has 0 aromatic carbocycles. The van der Waals surface area contributed by atoms with E-state index in [9.17, 15) is 71.5 Å². The minimum Gasteiger partial charge on any atom is -0.465 e. The summed E-state index contributed by atoms with van der Waals surface area (Å²) in [6, 6.07) is 0. The Kier molecular flexibility index (Phi) is 109. The minimum absolute atomic E-state index is 0.0378. The van der Waals surface area contributed by atoms with Crippen molar-refractivity contribution < 1.29 is 214 Å². The molecule has 0 aliphatic carbocycles.